The quantitative estimate of drug-likeness (QED) is 0.621. The predicted molar refractivity (Wildman–Crippen MR) is 59.0 cm³/mol. The summed E-state index contributed by atoms with van der Waals surface area (Å²) in [6, 6.07) is 1.24. The molecule has 0 amide bonds. The van der Waals surface area contributed by atoms with Crippen molar-refractivity contribution in [2.24, 2.45) is 0 Å². The van der Waals surface area contributed by atoms with Crippen LogP contribution < -0.4 is 5.32 Å². The number of allylic oxidation sites excluding steroid dienone is 1. The average molecular weight is 190 g/mol. The zero-order chi connectivity index (χ0) is 9.97. The second-order valence-corrected chi connectivity index (χ2v) is 4.23. The Kier molecular flexibility index (Phi) is 2.90. The molecule has 0 saturated carbocycles. The first kappa shape index (κ1) is 9.76. The molecule has 0 radical (unpaired) electrons. The maximum absolute atomic E-state index is 5.41. The standard InChI is InChI=1S/C12H18N2/c1-3-11-4-5-12(8-11)14-7-6-13-9-10(14)2/h1,8,10,12-13H,4-7,9H2,2H3/t10-,12?/m1/s1. The van der Waals surface area contributed by atoms with Crippen LogP contribution in [0.2, 0.25) is 0 Å². The molecule has 0 aromatic rings. The van der Waals surface area contributed by atoms with Gasteiger partial charge in [-0.1, -0.05) is 12.0 Å². The summed E-state index contributed by atoms with van der Waals surface area (Å²) >= 11 is 0. The summed E-state index contributed by atoms with van der Waals surface area (Å²) in [5.74, 6) is 2.77. The monoisotopic (exact) mass is 190 g/mol. The smallest absolute Gasteiger partial charge is 0.0297 e. The Labute approximate surface area is 86.4 Å². The van der Waals surface area contributed by atoms with E-state index in [2.05, 4.69) is 29.1 Å². The van der Waals surface area contributed by atoms with Crippen molar-refractivity contribution in [2.45, 2.75) is 31.8 Å². The van der Waals surface area contributed by atoms with Gasteiger partial charge in [0.05, 0.1) is 0 Å². The van der Waals surface area contributed by atoms with Crippen LogP contribution >= 0.6 is 0 Å². The van der Waals surface area contributed by atoms with Crippen LogP contribution in [-0.4, -0.2) is 36.6 Å². The van der Waals surface area contributed by atoms with Crippen molar-refractivity contribution in [3.8, 4) is 12.3 Å². The topological polar surface area (TPSA) is 15.3 Å². The molecule has 0 aromatic carbocycles. The fraction of sp³-hybridized carbons (Fsp3) is 0.667. The largest absolute Gasteiger partial charge is 0.314 e. The predicted octanol–water partition coefficient (Wildman–Crippen LogP) is 1.00. The molecule has 2 atom stereocenters. The molecule has 0 bridgehead atoms. The molecule has 2 rings (SSSR count). The molecular weight excluding hydrogens is 172 g/mol. The van der Waals surface area contributed by atoms with E-state index in [1.54, 1.807) is 0 Å². The second-order valence-electron chi connectivity index (χ2n) is 4.23. The lowest BCUT2D eigenvalue weighted by molar-refractivity contribution is 0.139. The molecule has 1 aliphatic carbocycles. The van der Waals surface area contributed by atoms with Gasteiger partial charge in [-0.25, -0.2) is 0 Å². The number of rotatable bonds is 1. The van der Waals surface area contributed by atoms with E-state index < -0.39 is 0 Å². The summed E-state index contributed by atoms with van der Waals surface area (Å²) in [6.07, 6.45) is 10.00. The molecule has 1 heterocycles. The Hall–Kier alpha value is -0.780. The van der Waals surface area contributed by atoms with Crippen molar-refractivity contribution < 1.29 is 0 Å². The van der Waals surface area contributed by atoms with Gasteiger partial charge in [-0.05, 0) is 25.3 Å². The van der Waals surface area contributed by atoms with Gasteiger partial charge in [0.2, 0.25) is 0 Å². The Morgan fingerprint density at radius 3 is 3.14 bits per heavy atom. The zero-order valence-corrected chi connectivity index (χ0v) is 8.79. The van der Waals surface area contributed by atoms with Crippen molar-refractivity contribution in [1.82, 2.24) is 10.2 Å². The van der Waals surface area contributed by atoms with Crippen LogP contribution in [0.25, 0.3) is 0 Å². The van der Waals surface area contributed by atoms with Crippen LogP contribution in [0.4, 0.5) is 0 Å². The van der Waals surface area contributed by atoms with Gasteiger partial charge in [0, 0.05) is 31.7 Å². The fourth-order valence-electron chi connectivity index (χ4n) is 2.43. The minimum Gasteiger partial charge on any atom is -0.314 e. The Morgan fingerprint density at radius 2 is 2.50 bits per heavy atom. The summed E-state index contributed by atoms with van der Waals surface area (Å²) in [6.45, 7) is 5.66. The molecule has 1 aliphatic heterocycles. The molecule has 2 aliphatic rings. The normalized spacial score (nSPS) is 33.9. The summed E-state index contributed by atoms with van der Waals surface area (Å²) in [5.41, 5.74) is 1.20. The van der Waals surface area contributed by atoms with Gasteiger partial charge in [0.1, 0.15) is 0 Å². The number of hydrogen-bond donors (Lipinski definition) is 1. The van der Waals surface area contributed by atoms with Crippen LogP contribution in [-0.2, 0) is 0 Å². The molecule has 0 spiro atoms. The maximum Gasteiger partial charge on any atom is 0.0297 e. The zero-order valence-electron chi connectivity index (χ0n) is 8.79. The van der Waals surface area contributed by atoms with E-state index in [1.165, 1.54) is 12.0 Å². The lowest BCUT2D eigenvalue weighted by Crippen LogP contribution is -2.52. The van der Waals surface area contributed by atoms with Gasteiger partial charge < -0.3 is 5.32 Å². The molecule has 1 N–H and O–H groups in total. The van der Waals surface area contributed by atoms with Crippen molar-refractivity contribution in [3.05, 3.63) is 11.6 Å². The third-order valence-corrected chi connectivity index (χ3v) is 3.27. The maximum atomic E-state index is 5.41. The molecule has 14 heavy (non-hydrogen) atoms. The van der Waals surface area contributed by atoms with Gasteiger partial charge >= 0.3 is 0 Å². The van der Waals surface area contributed by atoms with E-state index in [0.29, 0.717) is 12.1 Å². The first-order chi connectivity index (χ1) is 6.81. The molecule has 76 valence electrons. The van der Waals surface area contributed by atoms with Crippen LogP contribution in [0.15, 0.2) is 11.6 Å². The van der Waals surface area contributed by atoms with Gasteiger partial charge in [0.15, 0.2) is 0 Å². The molecular formula is C12H18N2. The number of hydrogen-bond acceptors (Lipinski definition) is 2. The summed E-state index contributed by atoms with van der Waals surface area (Å²) in [5, 5.41) is 3.41. The molecule has 2 heteroatoms. The highest BCUT2D eigenvalue weighted by Gasteiger charge is 2.27. The summed E-state index contributed by atoms with van der Waals surface area (Å²) < 4.78 is 0. The van der Waals surface area contributed by atoms with Crippen molar-refractivity contribution in [1.29, 1.82) is 0 Å². The van der Waals surface area contributed by atoms with E-state index in [4.69, 9.17) is 6.42 Å². The van der Waals surface area contributed by atoms with E-state index in [0.717, 1.165) is 26.1 Å². The Bertz CT molecular complexity index is 275. The number of terminal acetylenes is 1. The highest BCUT2D eigenvalue weighted by atomic mass is 15.2. The molecule has 1 saturated heterocycles. The first-order valence-corrected chi connectivity index (χ1v) is 5.45. The van der Waals surface area contributed by atoms with Crippen LogP contribution in [0.1, 0.15) is 19.8 Å². The SMILES string of the molecule is C#CC1=CC(N2CCNC[C@H]2C)CC1. The average Bonchev–Trinajstić information content (AvgIpc) is 2.67. The van der Waals surface area contributed by atoms with Crippen molar-refractivity contribution >= 4 is 0 Å². The molecule has 0 aromatic heterocycles. The highest BCUT2D eigenvalue weighted by molar-refractivity contribution is 5.31. The second kappa shape index (κ2) is 4.16. The lowest BCUT2D eigenvalue weighted by Gasteiger charge is -2.37. The van der Waals surface area contributed by atoms with E-state index in [1.807, 2.05) is 0 Å². The Morgan fingerprint density at radius 1 is 1.64 bits per heavy atom. The minimum absolute atomic E-state index is 0.596. The third kappa shape index (κ3) is 1.84. The number of piperazine rings is 1. The Balaban J connectivity index is 2.01. The van der Waals surface area contributed by atoms with Crippen molar-refractivity contribution in [2.75, 3.05) is 19.6 Å². The van der Waals surface area contributed by atoms with Crippen LogP contribution in [0.3, 0.4) is 0 Å². The molecule has 2 nitrogen and oxygen atoms in total. The van der Waals surface area contributed by atoms with Gasteiger partial charge in [0.25, 0.3) is 0 Å². The summed E-state index contributed by atoms with van der Waals surface area (Å²) in [4.78, 5) is 2.57. The van der Waals surface area contributed by atoms with E-state index in [-0.39, 0.29) is 0 Å². The van der Waals surface area contributed by atoms with Crippen molar-refractivity contribution in [3.63, 3.8) is 0 Å². The number of nitrogens with zero attached hydrogens (tertiary/aromatic N) is 1. The van der Waals surface area contributed by atoms with E-state index in [9.17, 15) is 0 Å². The van der Waals surface area contributed by atoms with E-state index >= 15 is 0 Å². The third-order valence-electron chi connectivity index (χ3n) is 3.27. The fourth-order valence-corrected chi connectivity index (χ4v) is 2.43. The van der Waals surface area contributed by atoms with Crippen LogP contribution in [0, 0.1) is 12.3 Å². The summed E-state index contributed by atoms with van der Waals surface area (Å²) in [7, 11) is 0. The first-order valence-electron chi connectivity index (χ1n) is 5.45. The number of nitrogens with one attached hydrogen (secondary N) is 1. The van der Waals surface area contributed by atoms with Gasteiger partial charge in [-0.3, -0.25) is 4.90 Å². The van der Waals surface area contributed by atoms with Gasteiger partial charge in [-0.15, -0.1) is 6.42 Å². The van der Waals surface area contributed by atoms with Crippen LogP contribution in [0.5, 0.6) is 0 Å². The van der Waals surface area contributed by atoms with Gasteiger partial charge in [-0.2, -0.15) is 0 Å². The highest BCUT2D eigenvalue weighted by Crippen LogP contribution is 2.24. The molecule has 1 unspecified atom stereocenters. The minimum atomic E-state index is 0.596. The lowest BCUT2D eigenvalue weighted by atomic mass is 10.1. The molecule has 1 fully saturated rings.